The molecule has 0 aliphatic carbocycles. The molecule has 2 amide bonds. The summed E-state index contributed by atoms with van der Waals surface area (Å²) < 4.78 is 10.2. The van der Waals surface area contributed by atoms with Gasteiger partial charge in [0.25, 0.3) is 0 Å². The van der Waals surface area contributed by atoms with Gasteiger partial charge in [0.1, 0.15) is 18.4 Å². The largest absolute Gasteiger partial charge is 0.444 e. The van der Waals surface area contributed by atoms with Crippen LogP contribution in [0.25, 0.3) is 0 Å². The standard InChI is InChI=1S/C13H25N3O4.C4H10.C2H6.2H2/c1-13(2,3)20-12(18)15-8-10(17)16-7-5-6-9(16)11(14)19-4;1-3-4-2;1-2;;/h9,11H,5-8,14H2,1-4H3,(H,15,18);3-4H2,1-2H3;1-2H3;2*1H/t9-,11?;;;;/m0..../s1. The number of carbonyl (C=O) groups excluding carboxylic acids is 2. The minimum absolute atomic E-state index is 0. The second kappa shape index (κ2) is 14.8. The molecule has 1 rings (SSSR count). The van der Waals surface area contributed by atoms with Crippen molar-refractivity contribution >= 4 is 12.0 Å². The average molecular weight is 380 g/mol. The van der Waals surface area contributed by atoms with Crippen molar-refractivity contribution in [3.63, 3.8) is 0 Å². The third-order valence-electron chi connectivity index (χ3n) is 3.55. The van der Waals surface area contributed by atoms with Gasteiger partial charge in [0.15, 0.2) is 0 Å². The SMILES string of the molecule is CC.CCCC.COC(N)[C@@H]1CCCN1C(=O)CNC(=O)OC(C)(C)C.[HH].[HH]. The van der Waals surface area contributed by atoms with Crippen LogP contribution in [0, 0.1) is 0 Å². The predicted molar refractivity (Wildman–Crippen MR) is 110 cm³/mol. The molecule has 7 nitrogen and oxygen atoms in total. The molecule has 1 saturated heterocycles. The lowest BCUT2D eigenvalue weighted by atomic mass is 10.2. The monoisotopic (exact) mass is 379 g/mol. The van der Waals surface area contributed by atoms with Crippen LogP contribution in [0.3, 0.4) is 0 Å². The maximum Gasteiger partial charge on any atom is 0.408 e. The molecule has 160 valence electrons. The van der Waals surface area contributed by atoms with E-state index in [2.05, 4.69) is 19.2 Å². The number of hydrogen-bond acceptors (Lipinski definition) is 5. The van der Waals surface area contributed by atoms with E-state index in [0.717, 1.165) is 12.8 Å². The van der Waals surface area contributed by atoms with E-state index in [1.165, 1.54) is 20.0 Å². The van der Waals surface area contributed by atoms with Crippen LogP contribution in [-0.4, -0.2) is 55.0 Å². The lowest BCUT2D eigenvalue weighted by Gasteiger charge is -2.28. The minimum atomic E-state index is -0.599. The number of nitrogens with zero attached hydrogens (tertiary/aromatic N) is 1. The van der Waals surface area contributed by atoms with Crippen LogP contribution < -0.4 is 11.1 Å². The van der Waals surface area contributed by atoms with Gasteiger partial charge < -0.3 is 25.4 Å². The number of nitrogens with two attached hydrogens (primary N) is 1. The van der Waals surface area contributed by atoms with E-state index >= 15 is 0 Å². The molecule has 26 heavy (non-hydrogen) atoms. The van der Waals surface area contributed by atoms with Crippen molar-refractivity contribution in [3.8, 4) is 0 Å². The third-order valence-corrected chi connectivity index (χ3v) is 3.55. The highest BCUT2D eigenvalue weighted by molar-refractivity contribution is 5.82. The summed E-state index contributed by atoms with van der Waals surface area (Å²) in [6.45, 7) is 14.2. The van der Waals surface area contributed by atoms with Gasteiger partial charge in [-0.3, -0.25) is 4.79 Å². The van der Waals surface area contributed by atoms with Gasteiger partial charge >= 0.3 is 6.09 Å². The third kappa shape index (κ3) is 12.1. The van der Waals surface area contributed by atoms with E-state index in [1.807, 2.05) is 13.8 Å². The molecule has 3 N–H and O–H groups in total. The second-order valence-corrected chi connectivity index (χ2v) is 6.85. The topological polar surface area (TPSA) is 93.9 Å². The van der Waals surface area contributed by atoms with E-state index in [9.17, 15) is 9.59 Å². The van der Waals surface area contributed by atoms with E-state index in [0.29, 0.717) is 6.54 Å². The number of amides is 2. The number of unbranched alkanes of at least 4 members (excludes halogenated alkanes) is 1. The van der Waals surface area contributed by atoms with Crippen molar-refractivity contribution in [2.45, 2.75) is 92.0 Å². The maximum atomic E-state index is 12.1. The zero-order chi connectivity index (χ0) is 20.8. The second-order valence-electron chi connectivity index (χ2n) is 6.85. The summed E-state index contributed by atoms with van der Waals surface area (Å²) in [5.41, 5.74) is 5.24. The molecular formula is C19H45N3O4. The number of hydrogen-bond donors (Lipinski definition) is 2. The van der Waals surface area contributed by atoms with Crippen molar-refractivity contribution in [1.29, 1.82) is 0 Å². The molecule has 1 aliphatic heterocycles. The van der Waals surface area contributed by atoms with Gasteiger partial charge in [-0.25, -0.2) is 4.79 Å². The zero-order valence-corrected chi connectivity index (χ0v) is 18.1. The van der Waals surface area contributed by atoms with Crippen LogP contribution in [0.5, 0.6) is 0 Å². The van der Waals surface area contributed by atoms with Gasteiger partial charge in [0.05, 0.1) is 6.04 Å². The Morgan fingerprint density at radius 3 is 2.23 bits per heavy atom. The number of ether oxygens (including phenoxy) is 2. The molecule has 7 heteroatoms. The van der Waals surface area contributed by atoms with Crippen molar-refractivity contribution < 1.29 is 21.9 Å². The van der Waals surface area contributed by atoms with E-state index in [4.69, 9.17) is 15.2 Å². The van der Waals surface area contributed by atoms with Crippen LogP contribution in [0.15, 0.2) is 0 Å². The first-order valence-electron chi connectivity index (χ1n) is 9.70. The van der Waals surface area contributed by atoms with Crippen molar-refractivity contribution in [2.75, 3.05) is 20.2 Å². The lowest BCUT2D eigenvalue weighted by molar-refractivity contribution is -0.133. The number of rotatable bonds is 5. The molecule has 0 aromatic carbocycles. The van der Waals surface area contributed by atoms with Crippen LogP contribution >= 0.6 is 0 Å². The molecule has 0 bridgehead atoms. The summed E-state index contributed by atoms with van der Waals surface area (Å²) >= 11 is 0. The molecule has 1 heterocycles. The Balaban J connectivity index is -0.000000320. The summed E-state index contributed by atoms with van der Waals surface area (Å²) in [6.07, 6.45) is 3.24. The predicted octanol–water partition coefficient (Wildman–Crippen LogP) is 3.76. The highest BCUT2D eigenvalue weighted by Crippen LogP contribution is 2.19. The van der Waals surface area contributed by atoms with Crippen LogP contribution in [0.4, 0.5) is 4.79 Å². The van der Waals surface area contributed by atoms with E-state index in [1.54, 1.807) is 25.7 Å². The summed E-state index contributed by atoms with van der Waals surface area (Å²) in [5, 5.41) is 2.46. The molecule has 2 atom stereocenters. The molecule has 1 aliphatic rings. The maximum absolute atomic E-state index is 12.1. The highest BCUT2D eigenvalue weighted by atomic mass is 16.6. The highest BCUT2D eigenvalue weighted by Gasteiger charge is 2.33. The zero-order valence-electron chi connectivity index (χ0n) is 18.1. The molecule has 1 unspecified atom stereocenters. The smallest absolute Gasteiger partial charge is 0.408 e. The number of methoxy groups -OCH3 is 1. The summed E-state index contributed by atoms with van der Waals surface area (Å²) in [7, 11) is 1.52. The van der Waals surface area contributed by atoms with E-state index < -0.39 is 17.9 Å². The number of nitrogens with one attached hydrogen (secondary N) is 1. The fourth-order valence-electron chi connectivity index (χ4n) is 2.16. The van der Waals surface area contributed by atoms with Crippen molar-refractivity contribution in [3.05, 3.63) is 0 Å². The molecule has 0 aromatic rings. The van der Waals surface area contributed by atoms with Gasteiger partial charge in [0.2, 0.25) is 5.91 Å². The first kappa shape index (κ1) is 26.9. The fraction of sp³-hybridized carbons (Fsp3) is 0.895. The van der Waals surface area contributed by atoms with Crippen molar-refractivity contribution in [1.82, 2.24) is 10.2 Å². The Morgan fingerprint density at radius 1 is 1.27 bits per heavy atom. The average Bonchev–Trinajstić information content (AvgIpc) is 3.09. The number of likely N-dealkylation sites (tertiary alicyclic amines) is 1. The Hall–Kier alpha value is -1.34. The van der Waals surface area contributed by atoms with Crippen LogP contribution in [0.2, 0.25) is 0 Å². The number of carbonyl (C=O) groups is 2. The summed E-state index contributed by atoms with van der Waals surface area (Å²) in [5.74, 6) is -0.175. The first-order chi connectivity index (χ1) is 12.2. The fourth-order valence-corrected chi connectivity index (χ4v) is 2.16. The quantitative estimate of drug-likeness (QED) is 0.709. The molecular weight excluding hydrogens is 334 g/mol. The minimum Gasteiger partial charge on any atom is -0.444 e. The van der Waals surface area contributed by atoms with Gasteiger partial charge in [-0.15, -0.1) is 0 Å². The van der Waals surface area contributed by atoms with Gasteiger partial charge in [-0.05, 0) is 33.6 Å². The molecule has 0 radical (unpaired) electrons. The summed E-state index contributed by atoms with van der Waals surface area (Å²) in [6, 6.07) is -0.132. The van der Waals surface area contributed by atoms with E-state index in [-0.39, 0.29) is 21.3 Å². The Kier molecular flexibility index (Phi) is 15.3. The normalized spacial score (nSPS) is 17.3. The molecule has 0 spiro atoms. The Morgan fingerprint density at radius 2 is 1.81 bits per heavy atom. The molecule has 0 aromatic heterocycles. The van der Waals surface area contributed by atoms with Gasteiger partial charge in [-0.2, -0.15) is 0 Å². The first-order valence-corrected chi connectivity index (χ1v) is 9.70. The van der Waals surface area contributed by atoms with Crippen LogP contribution in [-0.2, 0) is 14.3 Å². The Labute approximate surface area is 162 Å². The molecule has 0 saturated carbocycles. The van der Waals surface area contributed by atoms with Crippen LogP contribution in [0.1, 0.15) is 77.0 Å². The Bertz CT molecular complexity index is 392. The van der Waals surface area contributed by atoms with Crippen molar-refractivity contribution in [2.24, 2.45) is 5.73 Å². The lowest BCUT2D eigenvalue weighted by Crippen LogP contribution is -2.50. The summed E-state index contributed by atoms with van der Waals surface area (Å²) in [4.78, 5) is 25.2. The number of alkyl carbamates (subject to hydrolysis) is 1. The molecule has 1 fully saturated rings. The van der Waals surface area contributed by atoms with Gasteiger partial charge in [-0.1, -0.05) is 40.5 Å². The van der Waals surface area contributed by atoms with Gasteiger partial charge in [0, 0.05) is 16.5 Å².